The summed E-state index contributed by atoms with van der Waals surface area (Å²) in [4.78, 5) is 40.0. The van der Waals surface area contributed by atoms with Crippen LogP contribution in [0.5, 0.6) is 11.5 Å². The molecule has 3 fully saturated rings. The first-order valence-electron chi connectivity index (χ1n) is 24.1. The van der Waals surface area contributed by atoms with E-state index in [4.69, 9.17) is 9.47 Å². The number of H-pyrrole nitrogens is 1. The number of piperidine rings is 1. The van der Waals surface area contributed by atoms with Gasteiger partial charge in [-0.15, -0.1) is 0 Å². The first-order valence-corrected chi connectivity index (χ1v) is 25.8. The van der Waals surface area contributed by atoms with Gasteiger partial charge in [0.05, 0.1) is 27.1 Å². The van der Waals surface area contributed by atoms with Crippen molar-refractivity contribution in [1.82, 2.24) is 19.8 Å². The Balaban J connectivity index is 0.908. The van der Waals surface area contributed by atoms with Gasteiger partial charge in [0.1, 0.15) is 28.6 Å². The van der Waals surface area contributed by atoms with Gasteiger partial charge >= 0.3 is 6.18 Å². The summed E-state index contributed by atoms with van der Waals surface area (Å²) in [6.45, 7) is 12.7. The molecule has 3 saturated heterocycles. The Labute approximate surface area is 406 Å². The van der Waals surface area contributed by atoms with E-state index in [1.165, 1.54) is 36.0 Å². The molecule has 5 aromatic rings. The number of fused-ring (bicyclic) bond motifs is 1. The predicted molar refractivity (Wildman–Crippen MR) is 264 cm³/mol. The smallest absolute Gasteiger partial charge is 0.416 e. The van der Waals surface area contributed by atoms with Crippen molar-refractivity contribution in [3.8, 4) is 11.5 Å². The Morgan fingerprint density at radius 3 is 2.44 bits per heavy atom. The minimum Gasteiger partial charge on any atom is -0.455 e. The lowest BCUT2D eigenvalue weighted by Gasteiger charge is -2.39. The van der Waals surface area contributed by atoms with Crippen molar-refractivity contribution in [3.63, 3.8) is 0 Å². The minimum atomic E-state index is -4.41. The number of Topliss-reactive ketones (excluding diaryl/α,β-unsaturated/α-hetero) is 1. The zero-order valence-corrected chi connectivity index (χ0v) is 40.6. The number of aromatic nitrogens is 2. The fourth-order valence-corrected chi connectivity index (χ4v) is 11.8. The minimum absolute atomic E-state index is 0.0144. The summed E-state index contributed by atoms with van der Waals surface area (Å²) >= 11 is 0. The molecule has 0 bridgehead atoms. The van der Waals surface area contributed by atoms with Crippen molar-refractivity contribution in [3.05, 3.63) is 117 Å². The number of ketones is 1. The number of ether oxygens (including phenoxy) is 2. The first-order chi connectivity index (χ1) is 33.4. The number of anilines is 2. The van der Waals surface area contributed by atoms with E-state index in [0.29, 0.717) is 55.7 Å². The molecule has 70 heavy (non-hydrogen) atoms. The van der Waals surface area contributed by atoms with Crippen LogP contribution in [0, 0.1) is 22.5 Å². The average Bonchev–Trinajstić information content (AvgIpc) is 3.80. The molecule has 0 saturated carbocycles. The summed E-state index contributed by atoms with van der Waals surface area (Å²) in [6.07, 6.45) is 5.01. The monoisotopic (exact) mass is 983 g/mol. The standard InChI is InChI=1S/C52H60F3N7O7S/c1-34-26-37(52(53,54)55)4-7-43(34)45-30-51(2,3)16-10-36(45)32-59-20-22-61(23-21-59)40-5-8-44(49(28-40)69-41-27-35-11-17-56-50(35)57-31-41)48(63)33-70(66,67)42-6-9-46(47(29-42)62(64)65)58-38-12-18-60(19-13-38)39-14-24-68-25-15-39/h4-9,11,17,26-29,31,38-39,58H,10,12-16,18-25,30,32-33H2,1-3H3,(H,56,57). The third kappa shape index (κ3) is 11.2. The Morgan fingerprint density at radius 1 is 0.971 bits per heavy atom. The number of nitro groups is 1. The number of aryl methyl sites for hydroxylation is 1. The number of hydrogen-bond acceptors (Lipinski definition) is 12. The maximum absolute atomic E-state index is 14.2. The molecule has 0 spiro atoms. The molecule has 2 aromatic heterocycles. The van der Waals surface area contributed by atoms with Gasteiger partial charge in [0.15, 0.2) is 15.6 Å². The van der Waals surface area contributed by atoms with Crippen LogP contribution in [-0.2, 0) is 20.8 Å². The van der Waals surface area contributed by atoms with Crippen LogP contribution in [-0.4, -0.2) is 116 Å². The van der Waals surface area contributed by atoms with Crippen LogP contribution in [0.1, 0.15) is 85.8 Å². The molecule has 3 aliphatic heterocycles. The number of piperazine rings is 1. The van der Waals surface area contributed by atoms with Crippen LogP contribution >= 0.6 is 0 Å². The molecule has 0 radical (unpaired) electrons. The van der Waals surface area contributed by atoms with Crippen molar-refractivity contribution in [2.24, 2.45) is 5.41 Å². The summed E-state index contributed by atoms with van der Waals surface area (Å²) < 4.78 is 80.5. The molecule has 0 atom stereocenters. The number of rotatable bonds is 14. The highest BCUT2D eigenvalue weighted by atomic mass is 32.2. The maximum Gasteiger partial charge on any atom is 0.416 e. The first kappa shape index (κ1) is 49.2. The van der Waals surface area contributed by atoms with E-state index in [0.717, 1.165) is 99.5 Å². The average molecular weight is 984 g/mol. The van der Waals surface area contributed by atoms with Crippen molar-refractivity contribution in [2.75, 3.05) is 75.0 Å². The largest absolute Gasteiger partial charge is 0.455 e. The molecule has 2 N–H and O–H groups in total. The van der Waals surface area contributed by atoms with Crippen LogP contribution < -0.4 is 15.0 Å². The van der Waals surface area contributed by atoms with Crippen molar-refractivity contribution in [1.29, 1.82) is 0 Å². The lowest BCUT2D eigenvalue weighted by atomic mass is 9.72. The lowest BCUT2D eigenvalue weighted by molar-refractivity contribution is -0.384. The molecule has 18 heteroatoms. The molecule has 0 unspecified atom stereocenters. The van der Waals surface area contributed by atoms with Crippen LogP contribution in [0.25, 0.3) is 16.6 Å². The Kier molecular flexibility index (Phi) is 14.1. The van der Waals surface area contributed by atoms with Gasteiger partial charge in [-0.25, -0.2) is 13.4 Å². The van der Waals surface area contributed by atoms with Crippen LogP contribution in [0.2, 0.25) is 0 Å². The zero-order valence-electron chi connectivity index (χ0n) is 39.8. The Hall–Kier alpha value is -5.82. The molecule has 1 aliphatic carbocycles. The van der Waals surface area contributed by atoms with E-state index in [9.17, 15) is 36.5 Å². The molecule has 14 nitrogen and oxygen atoms in total. The molecular weight excluding hydrogens is 924 g/mol. The molecule has 9 rings (SSSR count). The van der Waals surface area contributed by atoms with Gasteiger partial charge in [0, 0.05) is 101 Å². The van der Waals surface area contributed by atoms with Crippen LogP contribution in [0.4, 0.5) is 30.2 Å². The van der Waals surface area contributed by atoms with Crippen molar-refractivity contribution < 1.29 is 40.8 Å². The van der Waals surface area contributed by atoms with E-state index >= 15 is 0 Å². The second-order valence-electron chi connectivity index (χ2n) is 20.0. The number of aromatic amines is 1. The Bertz CT molecular complexity index is 2900. The van der Waals surface area contributed by atoms with E-state index in [-0.39, 0.29) is 39.0 Å². The maximum atomic E-state index is 14.2. The number of halogens is 3. The lowest BCUT2D eigenvalue weighted by Crippen LogP contribution is -2.47. The number of likely N-dealkylation sites (tertiary alicyclic amines) is 1. The van der Waals surface area contributed by atoms with E-state index in [2.05, 4.69) is 43.8 Å². The fraction of sp³-hybridized carbons (Fsp3) is 0.462. The quantitative estimate of drug-likeness (QED) is 0.0616. The molecule has 3 aromatic carbocycles. The van der Waals surface area contributed by atoms with Gasteiger partial charge in [-0.3, -0.25) is 19.8 Å². The van der Waals surface area contributed by atoms with Crippen molar-refractivity contribution >= 4 is 49.3 Å². The van der Waals surface area contributed by atoms with E-state index in [1.54, 1.807) is 43.5 Å². The van der Waals surface area contributed by atoms with Gasteiger partial charge < -0.3 is 29.6 Å². The SMILES string of the molecule is Cc1cc(C(F)(F)F)ccc1C1=C(CN2CCN(c3ccc(C(=O)CS(=O)(=O)c4ccc(NC5CCN(C6CCOCC6)CC5)c([N+](=O)[O-])c4)c(Oc4cnc5[nH]ccc5c4)c3)CC2)CCC(C)(C)C1. The van der Waals surface area contributed by atoms with Crippen LogP contribution in [0.3, 0.4) is 0 Å². The number of sulfone groups is 1. The van der Waals surface area contributed by atoms with E-state index in [1.807, 2.05) is 6.07 Å². The molecular formula is C52H60F3N7O7S. The number of nitrogens with one attached hydrogen (secondary N) is 2. The van der Waals surface area contributed by atoms with Gasteiger partial charge in [0.25, 0.3) is 5.69 Å². The predicted octanol–water partition coefficient (Wildman–Crippen LogP) is 10.1. The summed E-state index contributed by atoms with van der Waals surface area (Å²) in [7, 11) is -4.37. The third-order valence-corrected chi connectivity index (χ3v) is 16.1. The van der Waals surface area contributed by atoms with Gasteiger partial charge in [-0.05, 0) is 123 Å². The molecule has 5 heterocycles. The number of benzene rings is 3. The third-order valence-electron chi connectivity index (χ3n) is 14.5. The number of carbonyl (C=O) groups is 1. The summed E-state index contributed by atoms with van der Waals surface area (Å²) in [5.74, 6) is -1.23. The summed E-state index contributed by atoms with van der Waals surface area (Å²) in [6, 6.07) is 16.9. The summed E-state index contributed by atoms with van der Waals surface area (Å²) in [5.41, 5.74) is 4.51. The number of nitro benzene ring substituents is 1. The number of pyridine rings is 1. The number of allylic oxidation sites excluding steroid dienone is 1. The normalized spacial score (nSPS) is 19.1. The highest BCUT2D eigenvalue weighted by molar-refractivity contribution is 7.92. The second-order valence-corrected chi connectivity index (χ2v) is 22.0. The summed E-state index contributed by atoms with van der Waals surface area (Å²) in [5, 5.41) is 16.4. The van der Waals surface area contributed by atoms with Gasteiger partial charge in [-0.1, -0.05) is 25.5 Å². The highest BCUT2D eigenvalue weighted by Gasteiger charge is 2.34. The van der Waals surface area contributed by atoms with E-state index < -0.39 is 38.0 Å². The molecule has 372 valence electrons. The topological polar surface area (TPSA) is 163 Å². The number of hydrogen-bond donors (Lipinski definition) is 2. The van der Waals surface area contributed by atoms with Crippen LogP contribution in [0.15, 0.2) is 89.6 Å². The zero-order chi connectivity index (χ0) is 49.4. The molecule has 4 aliphatic rings. The number of carbonyl (C=O) groups excluding carboxylic acids is 1. The fourth-order valence-electron chi connectivity index (χ4n) is 10.5. The molecule has 0 amide bonds. The van der Waals surface area contributed by atoms with Gasteiger partial charge in [-0.2, -0.15) is 13.2 Å². The van der Waals surface area contributed by atoms with Gasteiger partial charge in [0.2, 0.25) is 0 Å². The highest BCUT2D eigenvalue weighted by Crippen LogP contribution is 2.45. The second kappa shape index (κ2) is 20.1. The number of alkyl halides is 3. The van der Waals surface area contributed by atoms with Crippen molar-refractivity contribution in [2.45, 2.75) is 88.9 Å². The Morgan fingerprint density at radius 2 is 1.73 bits per heavy atom. The number of nitrogens with zero attached hydrogens (tertiary/aromatic N) is 5.